The van der Waals surface area contributed by atoms with Crippen molar-refractivity contribution in [2.45, 2.75) is 33.2 Å². The summed E-state index contributed by atoms with van der Waals surface area (Å²) in [4.78, 5) is 5.32. The first kappa shape index (κ1) is 14.1. The van der Waals surface area contributed by atoms with Crippen LogP contribution in [0.2, 0.25) is 0 Å². The number of rotatable bonds is 4. The molecule has 110 valence electrons. The van der Waals surface area contributed by atoms with Crippen LogP contribution >= 0.6 is 0 Å². The molecule has 1 aromatic rings. The van der Waals surface area contributed by atoms with Gasteiger partial charge in [0.2, 0.25) is 0 Å². The van der Waals surface area contributed by atoms with Gasteiger partial charge in [-0.3, -0.25) is 4.90 Å². The molecule has 1 aliphatic carbocycles. The molecule has 1 heterocycles. The normalized spacial score (nSPS) is 27.2. The maximum Gasteiger partial charge on any atom is 0.0234 e. The monoisotopic (exact) mass is 272 g/mol. The maximum atomic E-state index is 2.70. The lowest BCUT2D eigenvalue weighted by atomic mass is 10.1. The summed E-state index contributed by atoms with van der Waals surface area (Å²) in [5.74, 6) is 0.947. The van der Waals surface area contributed by atoms with Crippen LogP contribution in [0.25, 0.3) is 0 Å². The predicted octanol–water partition coefficient (Wildman–Crippen LogP) is 3.24. The van der Waals surface area contributed by atoms with E-state index in [9.17, 15) is 0 Å². The number of nitrogens with zero attached hydrogens (tertiary/aromatic N) is 2. The number of hydrogen-bond donors (Lipinski definition) is 0. The molecule has 0 N–H and O–H groups in total. The highest BCUT2D eigenvalue weighted by atomic mass is 15.2. The first-order valence-electron chi connectivity index (χ1n) is 8.12. The van der Waals surface area contributed by atoms with Crippen LogP contribution in [0.4, 0.5) is 0 Å². The summed E-state index contributed by atoms with van der Waals surface area (Å²) in [6.07, 6.45) is 2.75. The van der Waals surface area contributed by atoms with Crippen LogP contribution in [0.1, 0.15) is 32.3 Å². The minimum atomic E-state index is 0.621. The van der Waals surface area contributed by atoms with E-state index in [1.165, 1.54) is 51.1 Å². The summed E-state index contributed by atoms with van der Waals surface area (Å²) in [5, 5.41) is 0. The Kier molecular flexibility index (Phi) is 4.13. The van der Waals surface area contributed by atoms with E-state index in [0.717, 1.165) is 12.5 Å². The molecule has 3 rings (SSSR count). The van der Waals surface area contributed by atoms with E-state index < -0.39 is 0 Å². The molecule has 1 aromatic carbocycles. The fraction of sp³-hybridized carbons (Fsp3) is 0.667. The summed E-state index contributed by atoms with van der Waals surface area (Å²) >= 11 is 0. The van der Waals surface area contributed by atoms with Gasteiger partial charge in [0.1, 0.15) is 0 Å². The van der Waals surface area contributed by atoms with Crippen molar-refractivity contribution in [1.82, 2.24) is 9.80 Å². The van der Waals surface area contributed by atoms with Gasteiger partial charge in [-0.05, 0) is 42.8 Å². The molecule has 2 fully saturated rings. The Balaban J connectivity index is 1.47. The van der Waals surface area contributed by atoms with Gasteiger partial charge in [0.25, 0.3) is 0 Å². The van der Waals surface area contributed by atoms with Gasteiger partial charge in [-0.2, -0.15) is 0 Å². The standard InChI is InChI=1S/C18H28N2/c1-18(2)13-17(18)15-20-10-6-9-19(11-12-20)14-16-7-4-3-5-8-16/h3-5,7-8,17H,6,9-15H2,1-2H3. The molecule has 2 heteroatoms. The average Bonchev–Trinajstić information content (AvgIpc) is 3.09. The predicted molar refractivity (Wildman–Crippen MR) is 84.7 cm³/mol. The summed E-state index contributed by atoms with van der Waals surface area (Å²) in [6.45, 7) is 12.3. The molecule has 2 aliphatic rings. The first-order valence-corrected chi connectivity index (χ1v) is 8.12. The van der Waals surface area contributed by atoms with E-state index in [1.54, 1.807) is 0 Å². The first-order chi connectivity index (χ1) is 9.63. The van der Waals surface area contributed by atoms with Crippen molar-refractivity contribution in [3.05, 3.63) is 35.9 Å². The molecular formula is C18H28N2. The lowest BCUT2D eigenvalue weighted by Crippen LogP contribution is -2.32. The minimum absolute atomic E-state index is 0.621. The van der Waals surface area contributed by atoms with Gasteiger partial charge in [-0.25, -0.2) is 0 Å². The van der Waals surface area contributed by atoms with Crippen molar-refractivity contribution in [3.63, 3.8) is 0 Å². The largest absolute Gasteiger partial charge is 0.302 e. The van der Waals surface area contributed by atoms with Gasteiger partial charge < -0.3 is 4.90 Å². The third-order valence-corrected chi connectivity index (χ3v) is 5.13. The van der Waals surface area contributed by atoms with Crippen molar-refractivity contribution in [1.29, 1.82) is 0 Å². The van der Waals surface area contributed by atoms with Crippen LogP contribution in [0.3, 0.4) is 0 Å². The van der Waals surface area contributed by atoms with Crippen LogP contribution in [-0.4, -0.2) is 42.5 Å². The quantitative estimate of drug-likeness (QED) is 0.830. The van der Waals surface area contributed by atoms with E-state index in [2.05, 4.69) is 54.0 Å². The van der Waals surface area contributed by atoms with Crippen molar-refractivity contribution < 1.29 is 0 Å². The van der Waals surface area contributed by atoms with Crippen LogP contribution in [-0.2, 0) is 6.54 Å². The van der Waals surface area contributed by atoms with Crippen LogP contribution in [0.15, 0.2) is 30.3 Å². The van der Waals surface area contributed by atoms with Crippen molar-refractivity contribution >= 4 is 0 Å². The molecule has 0 bridgehead atoms. The number of hydrogen-bond acceptors (Lipinski definition) is 2. The van der Waals surface area contributed by atoms with Gasteiger partial charge in [-0.15, -0.1) is 0 Å². The number of benzene rings is 1. The van der Waals surface area contributed by atoms with Crippen molar-refractivity contribution in [2.24, 2.45) is 11.3 Å². The van der Waals surface area contributed by atoms with Gasteiger partial charge >= 0.3 is 0 Å². The second kappa shape index (κ2) is 5.87. The molecule has 1 atom stereocenters. The van der Waals surface area contributed by atoms with E-state index >= 15 is 0 Å². The van der Waals surface area contributed by atoms with Gasteiger partial charge in [0.15, 0.2) is 0 Å². The highest BCUT2D eigenvalue weighted by molar-refractivity contribution is 5.14. The Labute approximate surface area is 123 Å². The molecule has 1 saturated heterocycles. The fourth-order valence-corrected chi connectivity index (χ4v) is 3.41. The lowest BCUT2D eigenvalue weighted by molar-refractivity contribution is 0.239. The summed E-state index contributed by atoms with van der Waals surface area (Å²) < 4.78 is 0. The second-order valence-electron chi connectivity index (χ2n) is 7.31. The Hall–Kier alpha value is -0.860. The second-order valence-corrected chi connectivity index (χ2v) is 7.31. The fourth-order valence-electron chi connectivity index (χ4n) is 3.41. The lowest BCUT2D eigenvalue weighted by Gasteiger charge is -2.22. The van der Waals surface area contributed by atoms with Crippen LogP contribution < -0.4 is 0 Å². The highest BCUT2D eigenvalue weighted by Crippen LogP contribution is 2.51. The summed E-state index contributed by atoms with van der Waals surface area (Å²) in [5.41, 5.74) is 2.07. The van der Waals surface area contributed by atoms with Crippen molar-refractivity contribution in [3.8, 4) is 0 Å². The summed E-state index contributed by atoms with van der Waals surface area (Å²) in [7, 11) is 0. The SMILES string of the molecule is CC1(C)CC1CN1CCCN(Cc2ccccc2)CC1. The van der Waals surface area contributed by atoms with Crippen LogP contribution in [0.5, 0.6) is 0 Å². The maximum absolute atomic E-state index is 2.70. The Bertz CT molecular complexity index is 426. The molecular weight excluding hydrogens is 244 g/mol. The topological polar surface area (TPSA) is 6.48 Å². The zero-order valence-corrected chi connectivity index (χ0v) is 13.0. The van der Waals surface area contributed by atoms with E-state index in [1.807, 2.05) is 0 Å². The van der Waals surface area contributed by atoms with Crippen molar-refractivity contribution in [2.75, 3.05) is 32.7 Å². The Morgan fingerprint density at radius 3 is 2.35 bits per heavy atom. The molecule has 1 unspecified atom stereocenters. The molecule has 1 saturated carbocycles. The zero-order chi connectivity index (χ0) is 14.0. The molecule has 0 radical (unpaired) electrons. The summed E-state index contributed by atoms with van der Waals surface area (Å²) in [6, 6.07) is 10.9. The minimum Gasteiger partial charge on any atom is -0.302 e. The van der Waals surface area contributed by atoms with E-state index in [0.29, 0.717) is 5.41 Å². The average molecular weight is 272 g/mol. The Morgan fingerprint density at radius 2 is 1.65 bits per heavy atom. The smallest absolute Gasteiger partial charge is 0.0234 e. The van der Waals surface area contributed by atoms with Crippen LogP contribution in [0, 0.1) is 11.3 Å². The highest BCUT2D eigenvalue weighted by Gasteiger charge is 2.45. The molecule has 0 amide bonds. The van der Waals surface area contributed by atoms with E-state index in [4.69, 9.17) is 0 Å². The zero-order valence-electron chi connectivity index (χ0n) is 13.0. The van der Waals surface area contributed by atoms with E-state index in [-0.39, 0.29) is 0 Å². The third kappa shape index (κ3) is 3.62. The molecule has 0 spiro atoms. The molecule has 20 heavy (non-hydrogen) atoms. The van der Waals surface area contributed by atoms with Gasteiger partial charge in [0, 0.05) is 26.2 Å². The van der Waals surface area contributed by atoms with Gasteiger partial charge in [0.05, 0.1) is 0 Å². The molecule has 2 nitrogen and oxygen atoms in total. The third-order valence-electron chi connectivity index (χ3n) is 5.13. The molecule has 1 aliphatic heterocycles. The molecule has 0 aromatic heterocycles. The van der Waals surface area contributed by atoms with Gasteiger partial charge in [-0.1, -0.05) is 44.2 Å². The Morgan fingerprint density at radius 1 is 1.00 bits per heavy atom.